The summed E-state index contributed by atoms with van der Waals surface area (Å²) in [5.74, 6) is -2.08. The average Bonchev–Trinajstić information content (AvgIpc) is 3.20. The summed E-state index contributed by atoms with van der Waals surface area (Å²) in [4.78, 5) is 16.0. The zero-order chi connectivity index (χ0) is 24.2. The van der Waals surface area contributed by atoms with Crippen molar-refractivity contribution in [1.29, 1.82) is 0 Å². The number of carbonyl (C=O) groups is 1. The van der Waals surface area contributed by atoms with Gasteiger partial charge in [-0.3, -0.25) is 10.0 Å². The zero-order valence-corrected chi connectivity index (χ0v) is 18.4. The van der Waals surface area contributed by atoms with Gasteiger partial charge >= 0.3 is 0 Å². The van der Waals surface area contributed by atoms with E-state index in [1.165, 1.54) is 24.4 Å². The van der Waals surface area contributed by atoms with Crippen LogP contribution in [0.25, 0.3) is 10.9 Å². The predicted octanol–water partition coefficient (Wildman–Crippen LogP) is 3.69. The third-order valence-corrected chi connectivity index (χ3v) is 5.77. The molecule has 0 radical (unpaired) electrons. The number of rotatable bonds is 8. The molecule has 4 N–H and O–H groups in total. The molecule has 0 saturated heterocycles. The molecule has 4 aromatic rings. The van der Waals surface area contributed by atoms with Gasteiger partial charge in [0.05, 0.1) is 24.4 Å². The van der Waals surface area contributed by atoms with E-state index in [9.17, 15) is 18.7 Å². The standard InChI is InChI=1S/C25H24F2N4O3/c1-15(24(32)16-5-3-2-4-6-16)28-11-18-14-31(13-17-7-8-19(26)9-21(17)27)23-12-29-22(10-20(18)23)25(33)30-34/h2-10,12,14-15,24,28,32,34H,11,13H2,1H3,(H,30,33). The van der Waals surface area contributed by atoms with E-state index in [2.05, 4.69) is 10.3 Å². The molecule has 4 rings (SSSR count). The molecular formula is C25H24F2N4O3. The van der Waals surface area contributed by atoms with Crippen LogP contribution in [0.5, 0.6) is 0 Å². The number of nitrogens with zero attached hydrogens (tertiary/aromatic N) is 2. The van der Waals surface area contributed by atoms with Crippen LogP contribution in [-0.4, -0.2) is 31.8 Å². The summed E-state index contributed by atoms with van der Waals surface area (Å²) in [5, 5.41) is 23.6. The van der Waals surface area contributed by atoms with Crippen LogP contribution >= 0.6 is 0 Å². The van der Waals surface area contributed by atoms with E-state index in [-0.39, 0.29) is 18.3 Å². The lowest BCUT2D eigenvalue weighted by Gasteiger charge is -2.20. The highest BCUT2D eigenvalue weighted by Crippen LogP contribution is 2.25. The highest BCUT2D eigenvalue weighted by Gasteiger charge is 2.18. The highest BCUT2D eigenvalue weighted by molar-refractivity contribution is 5.96. The number of fused-ring (bicyclic) bond motifs is 1. The molecule has 34 heavy (non-hydrogen) atoms. The Morgan fingerprint density at radius 3 is 2.59 bits per heavy atom. The molecule has 0 bridgehead atoms. The van der Waals surface area contributed by atoms with Crippen molar-refractivity contribution < 1.29 is 23.9 Å². The number of halogens is 2. The van der Waals surface area contributed by atoms with Gasteiger partial charge in [-0.05, 0) is 30.2 Å². The van der Waals surface area contributed by atoms with Gasteiger partial charge in [0.1, 0.15) is 17.3 Å². The van der Waals surface area contributed by atoms with Crippen molar-refractivity contribution in [2.75, 3.05) is 0 Å². The van der Waals surface area contributed by atoms with Crippen molar-refractivity contribution >= 4 is 16.8 Å². The number of hydrogen-bond acceptors (Lipinski definition) is 5. The average molecular weight is 466 g/mol. The van der Waals surface area contributed by atoms with Gasteiger partial charge in [0.25, 0.3) is 5.91 Å². The molecule has 2 aromatic heterocycles. The third kappa shape index (κ3) is 4.96. The Hall–Kier alpha value is -3.66. The molecule has 0 fully saturated rings. The number of nitrogens with one attached hydrogen (secondary N) is 2. The lowest BCUT2D eigenvalue weighted by atomic mass is 10.0. The molecular weight excluding hydrogens is 442 g/mol. The Morgan fingerprint density at radius 1 is 1.12 bits per heavy atom. The molecule has 2 heterocycles. The van der Waals surface area contributed by atoms with Gasteiger partial charge in [0.2, 0.25) is 0 Å². The summed E-state index contributed by atoms with van der Waals surface area (Å²) in [6.07, 6.45) is 2.53. The van der Waals surface area contributed by atoms with E-state index in [1.807, 2.05) is 37.3 Å². The van der Waals surface area contributed by atoms with Crippen LogP contribution in [0, 0.1) is 11.6 Å². The fraction of sp³-hybridized carbons (Fsp3) is 0.200. The summed E-state index contributed by atoms with van der Waals surface area (Å²) in [7, 11) is 0. The number of aromatic nitrogens is 2. The molecule has 176 valence electrons. The fourth-order valence-electron chi connectivity index (χ4n) is 3.87. The zero-order valence-electron chi connectivity index (χ0n) is 18.4. The number of hydrogen-bond donors (Lipinski definition) is 4. The van der Waals surface area contributed by atoms with Crippen LogP contribution in [-0.2, 0) is 13.1 Å². The van der Waals surface area contributed by atoms with Gasteiger partial charge in [0, 0.05) is 35.8 Å². The molecule has 9 heteroatoms. The second kappa shape index (κ2) is 10.1. The van der Waals surface area contributed by atoms with Crippen molar-refractivity contribution in [3.8, 4) is 0 Å². The van der Waals surface area contributed by atoms with Crippen LogP contribution in [0.4, 0.5) is 8.78 Å². The maximum absolute atomic E-state index is 14.3. The lowest BCUT2D eigenvalue weighted by Crippen LogP contribution is -2.31. The van der Waals surface area contributed by atoms with E-state index < -0.39 is 23.6 Å². The molecule has 1 amide bonds. The Bertz CT molecular complexity index is 1310. The van der Waals surface area contributed by atoms with Crippen LogP contribution in [0.15, 0.2) is 67.0 Å². The third-order valence-electron chi connectivity index (χ3n) is 5.77. The predicted molar refractivity (Wildman–Crippen MR) is 122 cm³/mol. The summed E-state index contributed by atoms with van der Waals surface area (Å²) in [5.41, 5.74) is 4.06. The molecule has 2 atom stereocenters. The second-order valence-corrected chi connectivity index (χ2v) is 8.07. The number of pyridine rings is 1. The van der Waals surface area contributed by atoms with Gasteiger partial charge in [-0.2, -0.15) is 0 Å². The van der Waals surface area contributed by atoms with Crippen molar-refractivity contribution in [2.24, 2.45) is 0 Å². The molecule has 0 aliphatic heterocycles. The Morgan fingerprint density at radius 2 is 1.88 bits per heavy atom. The minimum absolute atomic E-state index is 0.0133. The van der Waals surface area contributed by atoms with E-state index in [1.54, 1.807) is 16.2 Å². The number of amides is 1. The first kappa shape index (κ1) is 23.5. The van der Waals surface area contributed by atoms with Crippen molar-refractivity contribution in [3.05, 3.63) is 101 Å². The van der Waals surface area contributed by atoms with Gasteiger partial charge in [-0.25, -0.2) is 19.2 Å². The number of benzene rings is 2. The van der Waals surface area contributed by atoms with Crippen LogP contribution in [0.1, 0.15) is 40.2 Å². The molecule has 0 aliphatic carbocycles. The summed E-state index contributed by atoms with van der Waals surface area (Å²) < 4.78 is 29.3. The van der Waals surface area contributed by atoms with Crippen LogP contribution in [0.2, 0.25) is 0 Å². The first-order valence-electron chi connectivity index (χ1n) is 10.7. The number of aliphatic hydroxyl groups is 1. The molecule has 0 spiro atoms. The van der Waals surface area contributed by atoms with Gasteiger partial charge in [-0.1, -0.05) is 36.4 Å². The van der Waals surface area contributed by atoms with Crippen molar-refractivity contribution in [1.82, 2.24) is 20.3 Å². The minimum atomic E-state index is -0.758. The Balaban J connectivity index is 1.64. The molecule has 2 aromatic carbocycles. The maximum Gasteiger partial charge on any atom is 0.293 e. The van der Waals surface area contributed by atoms with E-state index >= 15 is 0 Å². The Kier molecular flexibility index (Phi) is 6.97. The van der Waals surface area contributed by atoms with Crippen LogP contribution < -0.4 is 10.8 Å². The van der Waals surface area contributed by atoms with E-state index in [0.717, 1.165) is 17.2 Å². The summed E-state index contributed by atoms with van der Waals surface area (Å²) in [6, 6.07) is 13.9. The van der Waals surface area contributed by atoms with Crippen molar-refractivity contribution in [3.63, 3.8) is 0 Å². The maximum atomic E-state index is 14.3. The summed E-state index contributed by atoms with van der Waals surface area (Å²) >= 11 is 0. The highest BCUT2D eigenvalue weighted by atomic mass is 19.1. The molecule has 0 saturated carbocycles. The first-order chi connectivity index (χ1) is 16.4. The monoisotopic (exact) mass is 466 g/mol. The number of carbonyl (C=O) groups excluding carboxylic acids is 1. The topological polar surface area (TPSA) is 99.4 Å². The largest absolute Gasteiger partial charge is 0.387 e. The summed E-state index contributed by atoms with van der Waals surface area (Å²) in [6.45, 7) is 2.32. The van der Waals surface area contributed by atoms with Crippen molar-refractivity contribution in [2.45, 2.75) is 32.2 Å². The number of aliphatic hydroxyl groups excluding tert-OH is 1. The normalized spacial score (nSPS) is 13.1. The van der Waals surface area contributed by atoms with Gasteiger partial charge in [0.15, 0.2) is 0 Å². The number of hydroxylamine groups is 1. The van der Waals surface area contributed by atoms with Gasteiger partial charge < -0.3 is 15.0 Å². The molecule has 7 nitrogen and oxygen atoms in total. The lowest BCUT2D eigenvalue weighted by molar-refractivity contribution is 0.0701. The quantitative estimate of drug-likeness (QED) is 0.235. The second-order valence-electron chi connectivity index (χ2n) is 8.07. The Labute approximate surface area is 194 Å². The molecule has 2 unspecified atom stereocenters. The van der Waals surface area contributed by atoms with Gasteiger partial charge in [-0.15, -0.1) is 0 Å². The van der Waals surface area contributed by atoms with E-state index in [0.29, 0.717) is 23.0 Å². The molecule has 0 aliphatic rings. The first-order valence-corrected chi connectivity index (χ1v) is 10.7. The van der Waals surface area contributed by atoms with E-state index in [4.69, 9.17) is 5.21 Å². The van der Waals surface area contributed by atoms with Crippen LogP contribution in [0.3, 0.4) is 0 Å². The smallest absolute Gasteiger partial charge is 0.293 e. The fourth-order valence-corrected chi connectivity index (χ4v) is 3.87. The minimum Gasteiger partial charge on any atom is -0.387 e. The SMILES string of the molecule is CC(NCc1cn(Cc2ccc(F)cc2F)c2cnc(C(=O)NO)cc12)C(O)c1ccccc1.